The lowest BCUT2D eigenvalue weighted by atomic mass is 10.1. The number of hydrogen-bond acceptors (Lipinski definition) is 2. The van der Waals surface area contributed by atoms with E-state index in [1.54, 1.807) is 0 Å². The molecule has 2 rings (SSSR count). The van der Waals surface area contributed by atoms with E-state index < -0.39 is 11.7 Å². The molecule has 1 N–H and O–H groups in total. The summed E-state index contributed by atoms with van der Waals surface area (Å²) >= 11 is 0. The van der Waals surface area contributed by atoms with E-state index in [1.165, 1.54) is 0 Å². The van der Waals surface area contributed by atoms with Crippen LogP contribution in [-0.4, -0.2) is 11.7 Å². The maximum Gasteiger partial charge on any atom is 0.412 e. The zero-order chi connectivity index (χ0) is 16.0. The highest BCUT2D eigenvalue weighted by molar-refractivity contribution is 5.89. The number of hydrogen-bond donors (Lipinski definition) is 1. The second kappa shape index (κ2) is 6.94. The Morgan fingerprint density at radius 3 is 2.27 bits per heavy atom. The summed E-state index contributed by atoms with van der Waals surface area (Å²) in [6.07, 6.45) is 3.53. The fraction of sp³-hybridized carbons (Fsp3) is 0.211. The van der Waals surface area contributed by atoms with Crippen LogP contribution in [0.5, 0.6) is 0 Å². The van der Waals surface area contributed by atoms with Gasteiger partial charge in [-0.1, -0.05) is 60.7 Å². The van der Waals surface area contributed by atoms with Crippen molar-refractivity contribution in [2.45, 2.75) is 26.4 Å². The zero-order valence-electron chi connectivity index (χ0n) is 13.2. The van der Waals surface area contributed by atoms with E-state index in [0.29, 0.717) is 0 Å². The molecule has 22 heavy (non-hydrogen) atoms. The van der Waals surface area contributed by atoms with Crippen molar-refractivity contribution in [3.8, 4) is 0 Å². The summed E-state index contributed by atoms with van der Waals surface area (Å²) in [5.74, 6) is 0. The van der Waals surface area contributed by atoms with Gasteiger partial charge in [-0.3, -0.25) is 5.32 Å². The van der Waals surface area contributed by atoms with Crippen LogP contribution in [0.2, 0.25) is 0 Å². The van der Waals surface area contributed by atoms with E-state index in [4.69, 9.17) is 4.74 Å². The van der Waals surface area contributed by atoms with Crippen LogP contribution in [0.1, 0.15) is 31.9 Å². The first-order valence-electron chi connectivity index (χ1n) is 7.26. The van der Waals surface area contributed by atoms with E-state index in [1.807, 2.05) is 87.5 Å². The highest BCUT2D eigenvalue weighted by Crippen LogP contribution is 2.19. The molecular weight excluding hydrogens is 274 g/mol. The third kappa shape index (κ3) is 5.09. The molecule has 0 fully saturated rings. The smallest absolute Gasteiger partial charge is 0.412 e. The molecule has 3 nitrogen and oxygen atoms in total. The molecule has 3 heteroatoms. The normalized spacial score (nSPS) is 11.4. The summed E-state index contributed by atoms with van der Waals surface area (Å²) in [6, 6.07) is 17.6. The molecule has 0 radical (unpaired) electrons. The molecule has 0 spiro atoms. The van der Waals surface area contributed by atoms with Crippen LogP contribution in [0.3, 0.4) is 0 Å². The van der Waals surface area contributed by atoms with Crippen molar-refractivity contribution < 1.29 is 9.53 Å². The van der Waals surface area contributed by atoms with Gasteiger partial charge in [0.15, 0.2) is 0 Å². The number of rotatable bonds is 3. The standard InChI is InChI=1S/C19H21NO2/c1-19(2,3)22-18(21)20-17-12-8-7-11-16(17)14-13-15-9-5-4-6-10-15/h4-14H,1-3H3,(H,20,21). The molecular formula is C19H21NO2. The molecule has 0 aliphatic carbocycles. The molecule has 2 aromatic carbocycles. The van der Waals surface area contributed by atoms with Crippen molar-refractivity contribution in [2.24, 2.45) is 0 Å². The number of anilines is 1. The van der Waals surface area contributed by atoms with Crippen molar-refractivity contribution in [3.05, 3.63) is 65.7 Å². The van der Waals surface area contributed by atoms with E-state index in [9.17, 15) is 4.79 Å². The van der Waals surface area contributed by atoms with E-state index in [2.05, 4.69) is 5.32 Å². The Balaban J connectivity index is 2.13. The first-order chi connectivity index (χ1) is 10.4. The van der Waals surface area contributed by atoms with E-state index in [0.717, 1.165) is 16.8 Å². The number of para-hydroxylation sites is 1. The minimum Gasteiger partial charge on any atom is -0.444 e. The molecule has 0 bridgehead atoms. The molecule has 0 aliphatic rings. The van der Waals surface area contributed by atoms with Gasteiger partial charge in [-0.2, -0.15) is 0 Å². The molecule has 0 unspecified atom stereocenters. The number of ether oxygens (including phenoxy) is 1. The van der Waals surface area contributed by atoms with Gasteiger partial charge in [0.2, 0.25) is 0 Å². The Morgan fingerprint density at radius 1 is 0.955 bits per heavy atom. The predicted octanol–water partition coefficient (Wildman–Crippen LogP) is 5.20. The van der Waals surface area contributed by atoms with Gasteiger partial charge in [0.25, 0.3) is 0 Å². The van der Waals surface area contributed by atoms with Crippen molar-refractivity contribution in [3.63, 3.8) is 0 Å². The maximum absolute atomic E-state index is 11.9. The molecule has 2 aromatic rings. The number of benzene rings is 2. The molecule has 0 saturated carbocycles. The molecule has 0 saturated heterocycles. The van der Waals surface area contributed by atoms with Crippen molar-refractivity contribution >= 4 is 23.9 Å². The Labute approximate surface area is 131 Å². The van der Waals surface area contributed by atoms with Crippen LogP contribution in [0.15, 0.2) is 54.6 Å². The largest absolute Gasteiger partial charge is 0.444 e. The lowest BCUT2D eigenvalue weighted by Gasteiger charge is -2.20. The summed E-state index contributed by atoms with van der Waals surface area (Å²) in [6.45, 7) is 5.52. The first-order valence-corrected chi connectivity index (χ1v) is 7.26. The minimum atomic E-state index is -0.515. The van der Waals surface area contributed by atoms with Gasteiger partial charge in [-0.15, -0.1) is 0 Å². The number of amides is 1. The van der Waals surface area contributed by atoms with Crippen LogP contribution >= 0.6 is 0 Å². The van der Waals surface area contributed by atoms with E-state index in [-0.39, 0.29) is 0 Å². The van der Waals surface area contributed by atoms with Gasteiger partial charge in [0, 0.05) is 0 Å². The monoisotopic (exact) mass is 295 g/mol. The third-order valence-electron chi connectivity index (χ3n) is 2.85. The number of carbonyl (C=O) groups is 1. The molecule has 0 heterocycles. The first kappa shape index (κ1) is 15.8. The van der Waals surface area contributed by atoms with Crippen molar-refractivity contribution in [1.82, 2.24) is 0 Å². The molecule has 1 amide bonds. The molecule has 114 valence electrons. The Bertz CT molecular complexity index is 655. The van der Waals surface area contributed by atoms with Gasteiger partial charge in [0.05, 0.1) is 5.69 Å². The summed E-state index contributed by atoms with van der Waals surface area (Å²) in [5, 5.41) is 2.79. The van der Waals surface area contributed by atoms with Gasteiger partial charge in [0.1, 0.15) is 5.60 Å². The number of nitrogens with one attached hydrogen (secondary N) is 1. The second-order valence-electron chi connectivity index (χ2n) is 5.96. The average molecular weight is 295 g/mol. The van der Waals surface area contributed by atoms with Gasteiger partial charge < -0.3 is 4.74 Å². The van der Waals surface area contributed by atoms with E-state index >= 15 is 0 Å². The van der Waals surface area contributed by atoms with Crippen molar-refractivity contribution in [1.29, 1.82) is 0 Å². The molecule has 0 aromatic heterocycles. The average Bonchev–Trinajstić information content (AvgIpc) is 2.45. The lowest BCUT2D eigenvalue weighted by molar-refractivity contribution is 0.0636. The number of carbonyl (C=O) groups excluding carboxylic acids is 1. The van der Waals surface area contributed by atoms with Gasteiger partial charge in [-0.05, 0) is 38.0 Å². The highest BCUT2D eigenvalue weighted by atomic mass is 16.6. The summed E-state index contributed by atoms with van der Waals surface area (Å²) < 4.78 is 5.29. The summed E-state index contributed by atoms with van der Waals surface area (Å²) in [7, 11) is 0. The van der Waals surface area contributed by atoms with Crippen LogP contribution in [0, 0.1) is 0 Å². The fourth-order valence-corrected chi connectivity index (χ4v) is 1.92. The van der Waals surface area contributed by atoms with Gasteiger partial charge >= 0.3 is 6.09 Å². The fourth-order valence-electron chi connectivity index (χ4n) is 1.92. The van der Waals surface area contributed by atoms with Crippen LogP contribution in [-0.2, 0) is 4.74 Å². The SMILES string of the molecule is CC(C)(C)OC(=O)Nc1ccccc1C=Cc1ccccc1. The summed E-state index contributed by atoms with van der Waals surface area (Å²) in [4.78, 5) is 11.9. The minimum absolute atomic E-state index is 0.451. The Morgan fingerprint density at radius 2 is 1.59 bits per heavy atom. The highest BCUT2D eigenvalue weighted by Gasteiger charge is 2.16. The quantitative estimate of drug-likeness (QED) is 0.790. The molecule has 0 atom stereocenters. The van der Waals surface area contributed by atoms with Gasteiger partial charge in [-0.25, -0.2) is 4.79 Å². The second-order valence-corrected chi connectivity index (χ2v) is 5.96. The van der Waals surface area contributed by atoms with Crippen LogP contribution in [0.25, 0.3) is 12.2 Å². The van der Waals surface area contributed by atoms with Crippen LogP contribution in [0.4, 0.5) is 10.5 Å². The molecule has 0 aliphatic heterocycles. The zero-order valence-corrected chi connectivity index (χ0v) is 13.2. The topological polar surface area (TPSA) is 38.3 Å². The third-order valence-corrected chi connectivity index (χ3v) is 2.85. The Kier molecular flexibility index (Phi) is 4.99. The predicted molar refractivity (Wildman–Crippen MR) is 91.7 cm³/mol. The van der Waals surface area contributed by atoms with Crippen molar-refractivity contribution in [2.75, 3.05) is 5.32 Å². The maximum atomic E-state index is 11.9. The summed E-state index contributed by atoms with van der Waals surface area (Å²) in [5.41, 5.74) is 2.24. The Hall–Kier alpha value is -2.55. The lowest BCUT2D eigenvalue weighted by Crippen LogP contribution is -2.27. The van der Waals surface area contributed by atoms with Crippen LogP contribution < -0.4 is 5.32 Å².